The van der Waals surface area contributed by atoms with Crippen molar-refractivity contribution in [2.24, 2.45) is 0 Å². The van der Waals surface area contributed by atoms with Crippen molar-refractivity contribution >= 4 is 22.6 Å². The van der Waals surface area contributed by atoms with Gasteiger partial charge < -0.3 is 0 Å². The van der Waals surface area contributed by atoms with E-state index in [1.54, 1.807) is 0 Å². The van der Waals surface area contributed by atoms with Gasteiger partial charge in [-0.25, -0.2) is 0 Å². The van der Waals surface area contributed by atoms with Crippen LogP contribution in [0.1, 0.15) is 20.8 Å². The van der Waals surface area contributed by atoms with Crippen molar-refractivity contribution in [2.45, 2.75) is 20.8 Å². The summed E-state index contributed by atoms with van der Waals surface area (Å²) in [5, 5.41) is 0. The van der Waals surface area contributed by atoms with E-state index in [1.807, 2.05) is 0 Å². The fraction of sp³-hybridized carbons (Fsp3) is 0.429. The molecular formula is C7H11I. The Labute approximate surface area is 64.8 Å². The molecule has 0 saturated heterocycles. The maximum absolute atomic E-state index is 2.24. The molecule has 0 aromatic rings. The fourth-order valence-corrected chi connectivity index (χ4v) is 0.667. The van der Waals surface area contributed by atoms with Gasteiger partial charge in [-0.05, 0) is 30.4 Å². The Morgan fingerprint density at radius 2 is 1.75 bits per heavy atom. The molecule has 0 aliphatic carbocycles. The summed E-state index contributed by atoms with van der Waals surface area (Å²) < 4.78 is 2.07. The predicted octanol–water partition coefficient (Wildman–Crippen LogP) is 3.29. The Hall–Kier alpha value is 0.210. The van der Waals surface area contributed by atoms with Crippen LogP contribution in [0.5, 0.6) is 0 Å². The molecule has 46 valence electrons. The monoisotopic (exact) mass is 222 g/mol. The first-order valence-electron chi connectivity index (χ1n) is 2.58. The van der Waals surface area contributed by atoms with Crippen molar-refractivity contribution in [3.05, 3.63) is 21.3 Å². The van der Waals surface area contributed by atoms with E-state index < -0.39 is 0 Å². The minimum atomic E-state index is 1.32. The molecule has 0 heterocycles. The van der Waals surface area contributed by atoms with Crippen molar-refractivity contribution < 1.29 is 0 Å². The highest BCUT2D eigenvalue weighted by Gasteiger charge is 1.78. The molecule has 0 radical (unpaired) electrons. The Morgan fingerprint density at radius 1 is 1.25 bits per heavy atom. The van der Waals surface area contributed by atoms with Crippen LogP contribution in [0.4, 0.5) is 0 Å². The largest absolute Gasteiger partial charge is 0.0762 e. The van der Waals surface area contributed by atoms with Crippen molar-refractivity contribution in [1.82, 2.24) is 0 Å². The molecule has 0 atom stereocenters. The SMILES string of the molecule is CC(C)=CC(C)=CI. The summed E-state index contributed by atoms with van der Waals surface area (Å²) >= 11 is 2.24. The second-order valence-electron chi connectivity index (χ2n) is 2.07. The maximum atomic E-state index is 2.24. The summed E-state index contributed by atoms with van der Waals surface area (Å²) in [6.45, 7) is 6.30. The molecule has 0 unspecified atom stereocenters. The van der Waals surface area contributed by atoms with Gasteiger partial charge in [0.25, 0.3) is 0 Å². The third-order valence-corrected chi connectivity index (χ3v) is 1.67. The summed E-state index contributed by atoms with van der Waals surface area (Å²) in [7, 11) is 0. The third kappa shape index (κ3) is 4.37. The van der Waals surface area contributed by atoms with Gasteiger partial charge in [0.15, 0.2) is 0 Å². The first kappa shape index (κ1) is 8.21. The lowest BCUT2D eigenvalue weighted by atomic mass is 10.2. The summed E-state index contributed by atoms with van der Waals surface area (Å²) in [5.74, 6) is 0. The lowest BCUT2D eigenvalue weighted by molar-refractivity contribution is 1.36. The summed E-state index contributed by atoms with van der Waals surface area (Å²) in [4.78, 5) is 0. The van der Waals surface area contributed by atoms with Crippen LogP contribution in [-0.2, 0) is 0 Å². The molecule has 0 spiro atoms. The van der Waals surface area contributed by atoms with Crippen LogP contribution < -0.4 is 0 Å². The minimum absolute atomic E-state index is 1.32. The molecule has 1 heteroatoms. The average Bonchev–Trinajstić information content (AvgIpc) is 1.65. The highest BCUT2D eigenvalue weighted by atomic mass is 127. The molecule has 0 N–H and O–H groups in total. The third-order valence-electron chi connectivity index (χ3n) is 0.688. The van der Waals surface area contributed by atoms with Crippen LogP contribution >= 0.6 is 22.6 Å². The van der Waals surface area contributed by atoms with Crippen LogP contribution in [0.15, 0.2) is 21.3 Å². The normalized spacial score (nSPS) is 11.2. The van der Waals surface area contributed by atoms with E-state index in [-0.39, 0.29) is 0 Å². The second kappa shape index (κ2) is 4.13. The van der Waals surface area contributed by atoms with E-state index in [2.05, 4.69) is 53.5 Å². The number of rotatable bonds is 1. The van der Waals surface area contributed by atoms with E-state index in [0.29, 0.717) is 0 Å². The molecule has 0 saturated carbocycles. The second-order valence-corrected chi connectivity index (χ2v) is 2.70. The van der Waals surface area contributed by atoms with Crippen LogP contribution in [0.25, 0.3) is 0 Å². The minimum Gasteiger partial charge on any atom is -0.0762 e. The van der Waals surface area contributed by atoms with Crippen molar-refractivity contribution in [1.29, 1.82) is 0 Å². The Bertz CT molecular complexity index is 116. The van der Waals surface area contributed by atoms with Crippen LogP contribution in [-0.4, -0.2) is 0 Å². The molecule has 0 aromatic heterocycles. The van der Waals surface area contributed by atoms with E-state index in [1.165, 1.54) is 11.1 Å². The standard InChI is InChI=1S/C7H11I/c1-6(2)4-7(3)5-8/h4-5H,1-3H3. The topological polar surface area (TPSA) is 0 Å². The summed E-state index contributed by atoms with van der Waals surface area (Å²) in [6, 6.07) is 0. The summed E-state index contributed by atoms with van der Waals surface area (Å²) in [6.07, 6.45) is 2.16. The van der Waals surface area contributed by atoms with Crippen molar-refractivity contribution in [3.8, 4) is 0 Å². The first-order valence-corrected chi connectivity index (χ1v) is 3.83. The van der Waals surface area contributed by atoms with Crippen molar-refractivity contribution in [3.63, 3.8) is 0 Å². The van der Waals surface area contributed by atoms with Gasteiger partial charge in [-0.15, -0.1) is 0 Å². The average molecular weight is 222 g/mol. The fourth-order valence-electron chi connectivity index (χ4n) is 0.487. The zero-order chi connectivity index (χ0) is 6.57. The van der Waals surface area contributed by atoms with E-state index in [9.17, 15) is 0 Å². The van der Waals surface area contributed by atoms with Gasteiger partial charge in [-0.3, -0.25) is 0 Å². The molecule has 0 aliphatic heterocycles. The zero-order valence-electron chi connectivity index (χ0n) is 5.53. The molecule has 0 amide bonds. The van der Waals surface area contributed by atoms with Gasteiger partial charge in [0.1, 0.15) is 0 Å². The molecule has 0 fully saturated rings. The van der Waals surface area contributed by atoms with Crippen molar-refractivity contribution in [2.75, 3.05) is 0 Å². The summed E-state index contributed by atoms with van der Waals surface area (Å²) in [5.41, 5.74) is 2.68. The number of hydrogen-bond donors (Lipinski definition) is 0. The van der Waals surface area contributed by atoms with Gasteiger partial charge in [0.2, 0.25) is 0 Å². The quantitative estimate of drug-likeness (QED) is 0.471. The van der Waals surface area contributed by atoms with Crippen LogP contribution in [0, 0.1) is 0 Å². The Kier molecular flexibility index (Phi) is 4.23. The lowest BCUT2D eigenvalue weighted by Crippen LogP contribution is -1.66. The maximum Gasteiger partial charge on any atom is -0.0204 e. The van der Waals surface area contributed by atoms with Crippen LogP contribution in [0.3, 0.4) is 0 Å². The highest BCUT2D eigenvalue weighted by molar-refractivity contribution is 14.1. The molecule has 0 bridgehead atoms. The van der Waals surface area contributed by atoms with E-state index >= 15 is 0 Å². The lowest BCUT2D eigenvalue weighted by Gasteiger charge is -1.87. The Morgan fingerprint density at radius 3 is 1.88 bits per heavy atom. The molecule has 0 aromatic carbocycles. The number of allylic oxidation sites excluding steroid dienone is 3. The Balaban J connectivity index is 3.89. The first-order chi connectivity index (χ1) is 3.66. The molecule has 0 nitrogen and oxygen atoms in total. The molecule has 0 aliphatic rings. The van der Waals surface area contributed by atoms with Crippen LogP contribution in [0.2, 0.25) is 0 Å². The predicted molar refractivity (Wildman–Crippen MR) is 47.2 cm³/mol. The van der Waals surface area contributed by atoms with Gasteiger partial charge in [0, 0.05) is 0 Å². The van der Waals surface area contributed by atoms with Gasteiger partial charge in [0.05, 0.1) is 0 Å². The molecule has 8 heavy (non-hydrogen) atoms. The van der Waals surface area contributed by atoms with E-state index in [0.717, 1.165) is 0 Å². The highest BCUT2D eigenvalue weighted by Crippen LogP contribution is 2.02. The van der Waals surface area contributed by atoms with Gasteiger partial charge in [-0.2, -0.15) is 0 Å². The number of halogens is 1. The molecule has 0 rings (SSSR count). The number of hydrogen-bond acceptors (Lipinski definition) is 0. The smallest absolute Gasteiger partial charge is 0.0204 e. The zero-order valence-corrected chi connectivity index (χ0v) is 7.69. The molecular weight excluding hydrogens is 211 g/mol. The van der Waals surface area contributed by atoms with E-state index in [4.69, 9.17) is 0 Å². The van der Waals surface area contributed by atoms with Gasteiger partial charge >= 0.3 is 0 Å². The van der Waals surface area contributed by atoms with Gasteiger partial charge in [-0.1, -0.05) is 34.2 Å².